The average Bonchev–Trinajstić information content (AvgIpc) is 2.98. The van der Waals surface area contributed by atoms with Crippen LogP contribution in [0.1, 0.15) is 21.5 Å². The number of ether oxygens (including phenoxy) is 1. The van der Waals surface area contributed by atoms with E-state index >= 15 is 0 Å². The summed E-state index contributed by atoms with van der Waals surface area (Å²) in [5, 5.41) is 3.79. The van der Waals surface area contributed by atoms with Gasteiger partial charge in [0.25, 0.3) is 0 Å². The van der Waals surface area contributed by atoms with Crippen molar-refractivity contribution in [3.05, 3.63) is 51.7 Å². The molecule has 0 saturated heterocycles. The molecular formula is C13H10O2S. The minimum absolute atomic E-state index is 0.0556. The van der Waals surface area contributed by atoms with E-state index in [0.29, 0.717) is 12.2 Å². The molecule has 0 saturated carbocycles. The van der Waals surface area contributed by atoms with Crippen LogP contribution < -0.4 is 4.74 Å². The van der Waals surface area contributed by atoms with Crippen molar-refractivity contribution in [3.63, 3.8) is 0 Å². The molecule has 16 heavy (non-hydrogen) atoms. The number of thiophene rings is 1. The summed E-state index contributed by atoms with van der Waals surface area (Å²) in [7, 11) is 0. The normalized spacial score (nSPS) is 13.2. The van der Waals surface area contributed by atoms with Crippen LogP contribution in [0.5, 0.6) is 5.75 Å². The van der Waals surface area contributed by atoms with Crippen LogP contribution in [0.2, 0.25) is 0 Å². The summed E-state index contributed by atoms with van der Waals surface area (Å²) in [5.74, 6) is 0.832. The Morgan fingerprint density at radius 1 is 1.31 bits per heavy atom. The monoisotopic (exact) mass is 230 g/mol. The summed E-state index contributed by atoms with van der Waals surface area (Å²) in [6.07, 6.45) is 0.903. The molecule has 1 aromatic carbocycles. The van der Waals surface area contributed by atoms with Crippen molar-refractivity contribution in [2.45, 2.75) is 6.42 Å². The molecular weight excluding hydrogens is 220 g/mol. The van der Waals surface area contributed by atoms with Crippen LogP contribution >= 0.6 is 11.3 Å². The fraction of sp³-hybridized carbons (Fsp3) is 0.154. The molecule has 0 bridgehead atoms. The van der Waals surface area contributed by atoms with E-state index in [1.807, 2.05) is 35.0 Å². The summed E-state index contributed by atoms with van der Waals surface area (Å²) in [6, 6.07) is 7.63. The molecule has 0 amide bonds. The number of benzene rings is 1. The summed E-state index contributed by atoms with van der Waals surface area (Å²) in [4.78, 5) is 12.2. The molecule has 0 spiro atoms. The fourth-order valence-electron chi connectivity index (χ4n) is 1.94. The van der Waals surface area contributed by atoms with Crippen molar-refractivity contribution in [1.82, 2.24) is 0 Å². The molecule has 0 atom stereocenters. The molecule has 0 radical (unpaired) electrons. The van der Waals surface area contributed by atoms with Crippen LogP contribution in [0.25, 0.3) is 0 Å². The van der Waals surface area contributed by atoms with Gasteiger partial charge in [0, 0.05) is 17.4 Å². The Morgan fingerprint density at radius 2 is 2.25 bits per heavy atom. The van der Waals surface area contributed by atoms with Crippen LogP contribution in [0, 0.1) is 0 Å². The van der Waals surface area contributed by atoms with E-state index in [1.54, 1.807) is 0 Å². The predicted octanol–water partition coefficient (Wildman–Crippen LogP) is 2.91. The third-order valence-corrected chi connectivity index (χ3v) is 3.43. The van der Waals surface area contributed by atoms with E-state index in [2.05, 4.69) is 0 Å². The van der Waals surface area contributed by atoms with Crippen molar-refractivity contribution in [2.24, 2.45) is 0 Å². The summed E-state index contributed by atoms with van der Waals surface area (Å²) >= 11 is 1.53. The Balaban J connectivity index is 2.08. The Labute approximate surface area is 97.5 Å². The van der Waals surface area contributed by atoms with Gasteiger partial charge in [0.1, 0.15) is 5.75 Å². The van der Waals surface area contributed by atoms with E-state index in [1.165, 1.54) is 11.3 Å². The van der Waals surface area contributed by atoms with Gasteiger partial charge in [-0.3, -0.25) is 4.79 Å². The number of para-hydroxylation sites is 1. The van der Waals surface area contributed by atoms with Crippen LogP contribution in [0.15, 0.2) is 35.0 Å². The number of hydrogen-bond acceptors (Lipinski definition) is 3. The van der Waals surface area contributed by atoms with Gasteiger partial charge < -0.3 is 4.74 Å². The number of hydrogen-bond donors (Lipinski definition) is 0. The zero-order chi connectivity index (χ0) is 11.0. The minimum atomic E-state index is 0.0556. The van der Waals surface area contributed by atoms with Gasteiger partial charge in [0.2, 0.25) is 0 Å². The SMILES string of the molecule is O=C(c1ccsc1)c1cccc2c1OCC2. The second-order valence-electron chi connectivity index (χ2n) is 3.73. The van der Waals surface area contributed by atoms with Gasteiger partial charge >= 0.3 is 0 Å². The highest BCUT2D eigenvalue weighted by molar-refractivity contribution is 7.08. The van der Waals surface area contributed by atoms with Gasteiger partial charge in [-0.15, -0.1) is 0 Å². The summed E-state index contributed by atoms with van der Waals surface area (Å²) in [5.41, 5.74) is 2.57. The lowest BCUT2D eigenvalue weighted by molar-refractivity contribution is 0.103. The van der Waals surface area contributed by atoms with Gasteiger partial charge in [0.15, 0.2) is 5.78 Å². The molecule has 3 heteroatoms. The highest BCUT2D eigenvalue weighted by Gasteiger charge is 2.21. The van der Waals surface area contributed by atoms with E-state index in [4.69, 9.17) is 4.74 Å². The maximum absolute atomic E-state index is 12.2. The molecule has 2 nitrogen and oxygen atoms in total. The van der Waals surface area contributed by atoms with Gasteiger partial charge in [-0.25, -0.2) is 0 Å². The zero-order valence-electron chi connectivity index (χ0n) is 8.60. The largest absolute Gasteiger partial charge is 0.492 e. The second-order valence-corrected chi connectivity index (χ2v) is 4.51. The third-order valence-electron chi connectivity index (χ3n) is 2.74. The first-order chi connectivity index (χ1) is 7.86. The van der Waals surface area contributed by atoms with Crippen LogP contribution in [0.4, 0.5) is 0 Å². The molecule has 2 heterocycles. The lowest BCUT2D eigenvalue weighted by atomic mass is 10.0. The predicted molar refractivity (Wildman–Crippen MR) is 63.4 cm³/mol. The van der Waals surface area contributed by atoms with E-state index in [9.17, 15) is 4.79 Å². The fourth-order valence-corrected chi connectivity index (χ4v) is 2.58. The number of rotatable bonds is 2. The van der Waals surface area contributed by atoms with Gasteiger partial charge in [0.05, 0.1) is 12.2 Å². The summed E-state index contributed by atoms with van der Waals surface area (Å²) in [6.45, 7) is 0.684. The first kappa shape index (κ1) is 9.60. The highest BCUT2D eigenvalue weighted by atomic mass is 32.1. The second kappa shape index (κ2) is 3.76. The molecule has 1 aromatic heterocycles. The first-order valence-electron chi connectivity index (χ1n) is 5.18. The number of fused-ring (bicyclic) bond motifs is 1. The maximum atomic E-state index is 12.2. The van der Waals surface area contributed by atoms with Crippen molar-refractivity contribution in [3.8, 4) is 5.75 Å². The first-order valence-corrected chi connectivity index (χ1v) is 6.12. The summed E-state index contributed by atoms with van der Waals surface area (Å²) < 4.78 is 5.53. The number of ketones is 1. The van der Waals surface area contributed by atoms with Crippen LogP contribution in [-0.2, 0) is 6.42 Å². The van der Waals surface area contributed by atoms with Crippen LogP contribution in [0.3, 0.4) is 0 Å². The molecule has 0 N–H and O–H groups in total. The average molecular weight is 230 g/mol. The Morgan fingerprint density at radius 3 is 3.06 bits per heavy atom. The standard InChI is InChI=1S/C13H10O2S/c14-12(10-5-7-16-8-10)11-3-1-2-9-4-6-15-13(9)11/h1-3,5,7-8H,4,6H2. The molecule has 2 aromatic rings. The molecule has 80 valence electrons. The van der Waals surface area contributed by atoms with E-state index in [-0.39, 0.29) is 5.78 Å². The molecule has 0 aliphatic carbocycles. The Hall–Kier alpha value is -1.61. The highest BCUT2D eigenvalue weighted by Crippen LogP contribution is 2.31. The van der Waals surface area contributed by atoms with Gasteiger partial charge in [-0.2, -0.15) is 11.3 Å². The minimum Gasteiger partial charge on any atom is -0.492 e. The number of carbonyl (C=O) groups excluding carboxylic acids is 1. The lowest BCUT2D eigenvalue weighted by Gasteiger charge is -2.05. The molecule has 0 fully saturated rings. The quantitative estimate of drug-likeness (QED) is 0.741. The molecule has 0 unspecified atom stereocenters. The van der Waals surface area contributed by atoms with Crippen molar-refractivity contribution >= 4 is 17.1 Å². The smallest absolute Gasteiger partial charge is 0.197 e. The lowest BCUT2D eigenvalue weighted by Crippen LogP contribution is -2.02. The van der Waals surface area contributed by atoms with Crippen molar-refractivity contribution in [1.29, 1.82) is 0 Å². The molecule has 1 aliphatic rings. The van der Waals surface area contributed by atoms with Crippen molar-refractivity contribution < 1.29 is 9.53 Å². The maximum Gasteiger partial charge on any atom is 0.197 e. The topological polar surface area (TPSA) is 26.3 Å². The van der Waals surface area contributed by atoms with E-state index < -0.39 is 0 Å². The van der Waals surface area contributed by atoms with Crippen molar-refractivity contribution in [2.75, 3.05) is 6.61 Å². The molecule has 1 aliphatic heterocycles. The van der Waals surface area contributed by atoms with Gasteiger partial charge in [-0.1, -0.05) is 12.1 Å². The van der Waals surface area contributed by atoms with Gasteiger partial charge in [-0.05, 0) is 23.1 Å². The third kappa shape index (κ3) is 1.44. The Bertz CT molecular complexity index is 529. The number of carbonyl (C=O) groups is 1. The molecule has 3 rings (SSSR count). The Kier molecular flexibility index (Phi) is 2.26. The van der Waals surface area contributed by atoms with E-state index in [0.717, 1.165) is 23.3 Å². The van der Waals surface area contributed by atoms with Crippen LogP contribution in [-0.4, -0.2) is 12.4 Å². The zero-order valence-corrected chi connectivity index (χ0v) is 9.42.